The molecule has 0 bridgehead atoms. The van der Waals surface area contributed by atoms with Gasteiger partial charge in [-0.15, -0.1) is 0 Å². The van der Waals surface area contributed by atoms with Gasteiger partial charge in [0.25, 0.3) is 0 Å². The quantitative estimate of drug-likeness (QED) is 0.723. The Hall–Kier alpha value is -1.85. The summed E-state index contributed by atoms with van der Waals surface area (Å²) in [6.07, 6.45) is 0. The second-order valence-electron chi connectivity index (χ2n) is 5.55. The van der Waals surface area contributed by atoms with Gasteiger partial charge in [-0.25, -0.2) is 4.57 Å². The van der Waals surface area contributed by atoms with Crippen molar-refractivity contribution in [1.82, 2.24) is 0 Å². The highest BCUT2D eigenvalue weighted by molar-refractivity contribution is 7.47. The largest absolute Gasteiger partial charge is 0.508 e. The summed E-state index contributed by atoms with van der Waals surface area (Å²) in [6.45, 7) is 4.23. The van der Waals surface area contributed by atoms with Crippen LogP contribution in [0.15, 0.2) is 48.5 Å². The van der Waals surface area contributed by atoms with Gasteiger partial charge in [0.2, 0.25) is 0 Å². The Balaban J connectivity index is 0.000000351. The first-order chi connectivity index (χ1) is 11.1. The Morgan fingerprint density at radius 3 is 1.29 bits per heavy atom. The summed E-state index contributed by atoms with van der Waals surface area (Å²) in [7, 11) is -1.45. The predicted octanol–water partition coefficient (Wildman–Crippen LogP) is 3.80. The lowest BCUT2D eigenvalue weighted by Gasteiger charge is -2.26. The third-order valence-electron chi connectivity index (χ3n) is 3.64. The molecule has 2 rings (SSSR count). The second kappa shape index (κ2) is 8.31. The van der Waals surface area contributed by atoms with E-state index >= 15 is 0 Å². The fourth-order valence-electron chi connectivity index (χ4n) is 2.00. The molecular weight excluding hydrogens is 331 g/mol. The first-order valence-electron chi connectivity index (χ1n) is 7.15. The number of aromatic hydroxyl groups is 2. The van der Waals surface area contributed by atoms with Gasteiger partial charge in [0.1, 0.15) is 11.5 Å². The summed E-state index contributed by atoms with van der Waals surface area (Å²) in [4.78, 5) is 8.24. The fourth-order valence-corrected chi connectivity index (χ4v) is 2.15. The molecule has 3 N–H and O–H groups in total. The second-order valence-corrected chi connectivity index (χ2v) is 7.22. The van der Waals surface area contributed by atoms with Crippen LogP contribution in [0.2, 0.25) is 0 Å². The van der Waals surface area contributed by atoms with E-state index in [1.807, 2.05) is 24.3 Å². The summed E-state index contributed by atoms with van der Waals surface area (Å²) in [5.74, 6) is 0.547. The van der Waals surface area contributed by atoms with Crippen LogP contribution in [0.25, 0.3) is 0 Å². The summed E-state index contributed by atoms with van der Waals surface area (Å²) in [5.41, 5.74) is 2.10. The van der Waals surface area contributed by atoms with Gasteiger partial charge in [-0.1, -0.05) is 38.1 Å². The average Bonchev–Trinajstić information content (AvgIpc) is 2.56. The molecule has 2 aromatic carbocycles. The molecule has 24 heavy (non-hydrogen) atoms. The van der Waals surface area contributed by atoms with Crippen molar-refractivity contribution in [2.75, 3.05) is 14.2 Å². The van der Waals surface area contributed by atoms with E-state index in [0.717, 1.165) is 25.3 Å². The van der Waals surface area contributed by atoms with Crippen LogP contribution in [0.5, 0.6) is 11.5 Å². The molecule has 0 spiro atoms. The van der Waals surface area contributed by atoms with E-state index in [1.165, 1.54) is 0 Å². The molecule has 0 atom stereocenters. The van der Waals surface area contributed by atoms with Crippen molar-refractivity contribution in [1.29, 1.82) is 0 Å². The van der Waals surface area contributed by atoms with Gasteiger partial charge in [-0.3, -0.25) is 9.05 Å². The molecule has 132 valence electrons. The van der Waals surface area contributed by atoms with E-state index in [-0.39, 0.29) is 16.9 Å². The Morgan fingerprint density at radius 1 is 0.792 bits per heavy atom. The summed E-state index contributed by atoms with van der Waals surface area (Å²) in [5, 5.41) is 18.6. The molecule has 6 nitrogen and oxygen atoms in total. The molecule has 0 saturated carbocycles. The molecule has 7 heteroatoms. The van der Waals surface area contributed by atoms with Crippen LogP contribution in [0.4, 0.5) is 0 Å². The monoisotopic (exact) mass is 354 g/mol. The molecule has 2 aromatic rings. The van der Waals surface area contributed by atoms with Crippen molar-refractivity contribution in [3.8, 4) is 11.5 Å². The van der Waals surface area contributed by atoms with Crippen molar-refractivity contribution in [2.24, 2.45) is 0 Å². The highest BCUT2D eigenvalue weighted by atomic mass is 31.2. The minimum absolute atomic E-state index is 0.151. The molecule has 0 aliphatic rings. The van der Waals surface area contributed by atoms with Crippen LogP contribution in [-0.4, -0.2) is 29.3 Å². The maximum atomic E-state index is 10.1. The number of hydrogen-bond donors (Lipinski definition) is 3. The highest BCUT2D eigenvalue weighted by Crippen LogP contribution is 2.40. The van der Waals surface area contributed by atoms with Gasteiger partial charge >= 0.3 is 7.82 Å². The van der Waals surface area contributed by atoms with Crippen molar-refractivity contribution in [3.05, 3.63) is 59.7 Å². The number of phosphoric acid groups is 1. The summed E-state index contributed by atoms with van der Waals surface area (Å²) >= 11 is 0. The van der Waals surface area contributed by atoms with E-state index in [1.54, 1.807) is 24.3 Å². The zero-order valence-corrected chi connectivity index (χ0v) is 15.0. The minimum atomic E-state index is -3.65. The van der Waals surface area contributed by atoms with E-state index in [9.17, 15) is 14.8 Å². The first-order valence-corrected chi connectivity index (χ1v) is 8.65. The lowest BCUT2D eigenvalue weighted by molar-refractivity contribution is 0.204. The molecule has 0 saturated heterocycles. The Labute approximate surface area is 141 Å². The maximum Gasteiger partial charge on any atom is 0.471 e. The first kappa shape index (κ1) is 20.2. The topological polar surface area (TPSA) is 96.2 Å². The maximum absolute atomic E-state index is 10.1. The lowest BCUT2D eigenvalue weighted by atomic mass is 9.78. The van der Waals surface area contributed by atoms with Gasteiger partial charge in [0, 0.05) is 19.6 Å². The van der Waals surface area contributed by atoms with Crippen LogP contribution in [-0.2, 0) is 19.0 Å². The zero-order chi connectivity index (χ0) is 18.4. The normalized spacial score (nSPS) is 11.5. The third kappa shape index (κ3) is 5.65. The lowest BCUT2D eigenvalue weighted by Crippen LogP contribution is -2.18. The van der Waals surface area contributed by atoms with Crippen LogP contribution in [0.3, 0.4) is 0 Å². The van der Waals surface area contributed by atoms with E-state index in [2.05, 4.69) is 22.9 Å². The van der Waals surface area contributed by atoms with Crippen molar-refractivity contribution >= 4 is 7.82 Å². The van der Waals surface area contributed by atoms with Crippen molar-refractivity contribution in [3.63, 3.8) is 0 Å². The number of hydrogen-bond acceptors (Lipinski definition) is 5. The number of phenols is 2. The number of rotatable bonds is 4. The predicted molar refractivity (Wildman–Crippen MR) is 92.2 cm³/mol. The summed E-state index contributed by atoms with van der Waals surface area (Å²) < 4.78 is 18.0. The van der Waals surface area contributed by atoms with E-state index < -0.39 is 7.82 Å². The smallest absolute Gasteiger partial charge is 0.471 e. The van der Waals surface area contributed by atoms with Crippen LogP contribution >= 0.6 is 7.82 Å². The fraction of sp³-hybridized carbons (Fsp3) is 0.294. The van der Waals surface area contributed by atoms with Crippen molar-refractivity contribution in [2.45, 2.75) is 19.3 Å². The summed E-state index contributed by atoms with van der Waals surface area (Å²) in [6, 6.07) is 14.4. The van der Waals surface area contributed by atoms with Crippen LogP contribution in [0.1, 0.15) is 25.0 Å². The van der Waals surface area contributed by atoms with E-state index in [0.29, 0.717) is 0 Å². The highest BCUT2D eigenvalue weighted by Gasteiger charge is 2.22. The molecule has 0 fully saturated rings. The minimum Gasteiger partial charge on any atom is -0.508 e. The van der Waals surface area contributed by atoms with Crippen molar-refractivity contribution < 1.29 is 28.7 Å². The Morgan fingerprint density at radius 2 is 1.08 bits per heavy atom. The van der Waals surface area contributed by atoms with E-state index in [4.69, 9.17) is 4.89 Å². The standard InChI is InChI=1S/C15H16O2.C2H7O4P/c1-15(2,11-3-7-13(16)8-4-11)12-5-9-14(17)10-6-12;1-5-7(3,4)6-2/h3-10,16-17H,1-2H3;1-2H3,(H,3,4). The molecule has 0 unspecified atom stereocenters. The Kier molecular flexibility index (Phi) is 6.99. The third-order valence-corrected chi connectivity index (χ3v) is 4.56. The van der Waals surface area contributed by atoms with Gasteiger partial charge in [-0.2, -0.15) is 0 Å². The molecule has 0 amide bonds. The molecule has 0 aliphatic heterocycles. The zero-order valence-electron chi connectivity index (χ0n) is 14.1. The average molecular weight is 354 g/mol. The number of phosphoric ester groups is 1. The molecule has 0 radical (unpaired) electrons. The van der Waals surface area contributed by atoms with Gasteiger partial charge < -0.3 is 15.1 Å². The molecule has 0 aliphatic carbocycles. The molecular formula is C17H23O6P. The van der Waals surface area contributed by atoms with Gasteiger partial charge in [0.15, 0.2) is 0 Å². The number of phenolic OH excluding ortho intramolecular Hbond substituents is 2. The van der Waals surface area contributed by atoms with Crippen LogP contribution in [0, 0.1) is 0 Å². The van der Waals surface area contributed by atoms with Crippen LogP contribution < -0.4 is 0 Å². The Bertz CT molecular complexity index is 624. The van der Waals surface area contributed by atoms with Gasteiger partial charge in [-0.05, 0) is 35.4 Å². The van der Waals surface area contributed by atoms with Gasteiger partial charge in [0.05, 0.1) is 0 Å². The number of benzene rings is 2. The SMILES string of the molecule is CC(C)(c1ccc(O)cc1)c1ccc(O)cc1.COP(=O)(O)OC. The molecule has 0 heterocycles. The molecule has 0 aromatic heterocycles.